The number of hydrogen-bond donors (Lipinski definition) is 1. The average molecular weight is 335 g/mol. The van der Waals surface area contributed by atoms with Crippen LogP contribution in [-0.2, 0) is 6.54 Å². The van der Waals surface area contributed by atoms with E-state index in [2.05, 4.69) is 21.2 Å². The van der Waals surface area contributed by atoms with Crippen molar-refractivity contribution in [3.8, 4) is 11.8 Å². The molecule has 0 amide bonds. The van der Waals surface area contributed by atoms with E-state index >= 15 is 0 Å². The van der Waals surface area contributed by atoms with Crippen LogP contribution < -0.4 is 10.1 Å². The smallest absolute Gasteiger partial charge is 0.174 e. The number of nitriles is 1. The highest BCUT2D eigenvalue weighted by atomic mass is 79.9. The van der Waals surface area contributed by atoms with Crippen LogP contribution in [-0.4, -0.2) is 6.61 Å². The average Bonchev–Trinajstić information content (AvgIpc) is 2.45. The van der Waals surface area contributed by atoms with Crippen molar-refractivity contribution < 1.29 is 9.13 Å². The first-order chi connectivity index (χ1) is 9.69. The molecule has 0 aromatic heterocycles. The Hall–Kier alpha value is -2.06. The van der Waals surface area contributed by atoms with Crippen LogP contribution in [0.5, 0.6) is 5.75 Å². The normalized spacial score (nSPS) is 9.85. The monoisotopic (exact) mass is 334 g/mol. The summed E-state index contributed by atoms with van der Waals surface area (Å²) in [5.41, 5.74) is 1.89. The van der Waals surface area contributed by atoms with E-state index in [1.807, 2.05) is 18.2 Å². The van der Waals surface area contributed by atoms with Crippen LogP contribution in [0.4, 0.5) is 10.1 Å². The Morgan fingerprint density at radius 3 is 2.60 bits per heavy atom. The zero-order valence-corrected chi connectivity index (χ0v) is 12.2. The lowest BCUT2D eigenvalue weighted by atomic mass is 10.2. The lowest BCUT2D eigenvalue weighted by Crippen LogP contribution is -2.00. The van der Waals surface area contributed by atoms with E-state index in [4.69, 9.17) is 10.00 Å². The van der Waals surface area contributed by atoms with Gasteiger partial charge in [0.05, 0.1) is 0 Å². The second kappa shape index (κ2) is 6.92. The van der Waals surface area contributed by atoms with Gasteiger partial charge in [0.2, 0.25) is 0 Å². The first-order valence-electron chi connectivity index (χ1n) is 5.96. The number of anilines is 1. The predicted octanol–water partition coefficient (Wildman–Crippen LogP) is 4.10. The molecule has 1 N–H and O–H groups in total. The van der Waals surface area contributed by atoms with Crippen molar-refractivity contribution >= 4 is 21.6 Å². The number of hydrogen-bond acceptors (Lipinski definition) is 3. The maximum absolute atomic E-state index is 13.0. The highest BCUT2D eigenvalue weighted by Gasteiger charge is 2.02. The highest BCUT2D eigenvalue weighted by Crippen LogP contribution is 2.20. The largest absolute Gasteiger partial charge is 0.479 e. The Labute approximate surface area is 125 Å². The van der Waals surface area contributed by atoms with Crippen LogP contribution >= 0.6 is 15.9 Å². The summed E-state index contributed by atoms with van der Waals surface area (Å²) < 4.78 is 18.9. The molecule has 3 nitrogen and oxygen atoms in total. The molecule has 0 bridgehead atoms. The van der Waals surface area contributed by atoms with Gasteiger partial charge in [-0.15, -0.1) is 0 Å². The number of nitrogens with one attached hydrogen (secondary N) is 1. The molecule has 5 heteroatoms. The standard InChI is InChI=1S/C15H12BrFN2O/c16-15-9-12(17)2-1-11(15)10-19-13-3-5-14(6-4-13)20-8-7-18/h1-6,9,19H,8,10H2. The highest BCUT2D eigenvalue weighted by molar-refractivity contribution is 9.10. The Kier molecular flexibility index (Phi) is 4.97. The predicted molar refractivity (Wildman–Crippen MR) is 79.0 cm³/mol. The summed E-state index contributed by atoms with van der Waals surface area (Å²) in [6, 6.07) is 13.8. The van der Waals surface area contributed by atoms with E-state index in [0.29, 0.717) is 12.3 Å². The van der Waals surface area contributed by atoms with E-state index in [-0.39, 0.29) is 12.4 Å². The van der Waals surface area contributed by atoms with E-state index in [0.717, 1.165) is 15.7 Å². The summed E-state index contributed by atoms with van der Waals surface area (Å²) in [4.78, 5) is 0. The van der Waals surface area contributed by atoms with Gasteiger partial charge >= 0.3 is 0 Å². The van der Waals surface area contributed by atoms with Crippen LogP contribution in [0.1, 0.15) is 5.56 Å². The molecule has 102 valence electrons. The molecule has 0 aliphatic rings. The molecule has 0 unspecified atom stereocenters. The SMILES string of the molecule is N#CCOc1ccc(NCc2ccc(F)cc2Br)cc1. The van der Waals surface area contributed by atoms with Crippen LogP contribution in [0.2, 0.25) is 0 Å². The molecule has 2 aromatic rings. The van der Waals surface area contributed by atoms with E-state index in [1.165, 1.54) is 12.1 Å². The Balaban J connectivity index is 1.95. The second-order valence-electron chi connectivity index (χ2n) is 4.06. The molecule has 2 aromatic carbocycles. The molecule has 0 fully saturated rings. The second-order valence-corrected chi connectivity index (χ2v) is 4.91. The van der Waals surface area contributed by atoms with Crippen molar-refractivity contribution in [1.29, 1.82) is 5.26 Å². The molecule has 0 aliphatic heterocycles. The fourth-order valence-electron chi connectivity index (χ4n) is 1.65. The lowest BCUT2D eigenvalue weighted by molar-refractivity contribution is 0.368. The quantitative estimate of drug-likeness (QED) is 0.895. The molecule has 20 heavy (non-hydrogen) atoms. The van der Waals surface area contributed by atoms with Crippen molar-refractivity contribution in [1.82, 2.24) is 0 Å². The molecule has 0 aliphatic carbocycles. The Bertz CT molecular complexity index is 623. The maximum Gasteiger partial charge on any atom is 0.174 e. The third-order valence-electron chi connectivity index (χ3n) is 2.66. The molecular weight excluding hydrogens is 323 g/mol. The third kappa shape index (κ3) is 3.97. The summed E-state index contributed by atoms with van der Waals surface area (Å²) in [6.45, 7) is 0.620. The number of halogens is 2. The van der Waals surface area contributed by atoms with E-state index in [9.17, 15) is 4.39 Å². The van der Waals surface area contributed by atoms with Gasteiger partial charge in [-0.2, -0.15) is 5.26 Å². The molecule has 0 heterocycles. The first-order valence-corrected chi connectivity index (χ1v) is 6.76. The van der Waals surface area contributed by atoms with Crippen molar-refractivity contribution in [2.45, 2.75) is 6.54 Å². The molecule has 0 saturated heterocycles. The summed E-state index contributed by atoms with van der Waals surface area (Å²) in [5.74, 6) is 0.389. The third-order valence-corrected chi connectivity index (χ3v) is 3.39. The molecular formula is C15H12BrFN2O. The van der Waals surface area contributed by atoms with Gasteiger partial charge in [-0.25, -0.2) is 4.39 Å². The number of ether oxygens (including phenoxy) is 1. The van der Waals surface area contributed by atoms with Crippen LogP contribution in [0.3, 0.4) is 0 Å². The topological polar surface area (TPSA) is 45.0 Å². The van der Waals surface area contributed by atoms with E-state index in [1.54, 1.807) is 18.2 Å². The number of nitrogens with zero attached hydrogens (tertiary/aromatic N) is 1. The van der Waals surface area contributed by atoms with Gasteiger partial charge in [0, 0.05) is 16.7 Å². The van der Waals surface area contributed by atoms with Crippen molar-refractivity contribution in [3.05, 3.63) is 58.3 Å². The van der Waals surface area contributed by atoms with Gasteiger partial charge in [0.15, 0.2) is 6.61 Å². The molecule has 2 rings (SSSR count). The van der Waals surface area contributed by atoms with Gasteiger partial charge in [-0.3, -0.25) is 0 Å². The van der Waals surface area contributed by atoms with Crippen LogP contribution in [0.15, 0.2) is 46.9 Å². The molecule has 0 radical (unpaired) electrons. The van der Waals surface area contributed by atoms with E-state index < -0.39 is 0 Å². The lowest BCUT2D eigenvalue weighted by Gasteiger charge is -2.09. The van der Waals surface area contributed by atoms with Gasteiger partial charge < -0.3 is 10.1 Å². The minimum Gasteiger partial charge on any atom is -0.479 e. The zero-order chi connectivity index (χ0) is 14.4. The van der Waals surface area contributed by atoms with Crippen molar-refractivity contribution in [2.24, 2.45) is 0 Å². The summed E-state index contributed by atoms with van der Waals surface area (Å²) in [5, 5.41) is 11.7. The fourth-order valence-corrected chi connectivity index (χ4v) is 2.14. The van der Waals surface area contributed by atoms with Crippen molar-refractivity contribution in [3.63, 3.8) is 0 Å². The number of rotatable bonds is 5. The zero-order valence-electron chi connectivity index (χ0n) is 10.6. The van der Waals surface area contributed by atoms with Gasteiger partial charge in [-0.1, -0.05) is 22.0 Å². The summed E-state index contributed by atoms with van der Waals surface area (Å²) >= 11 is 3.33. The van der Waals surface area contributed by atoms with Crippen molar-refractivity contribution in [2.75, 3.05) is 11.9 Å². The van der Waals surface area contributed by atoms with Crippen LogP contribution in [0, 0.1) is 17.1 Å². The maximum atomic E-state index is 13.0. The van der Waals surface area contributed by atoms with Gasteiger partial charge in [0.25, 0.3) is 0 Å². The van der Waals surface area contributed by atoms with Gasteiger partial charge in [0.1, 0.15) is 17.6 Å². The Morgan fingerprint density at radius 1 is 1.20 bits per heavy atom. The van der Waals surface area contributed by atoms with Crippen LogP contribution in [0.25, 0.3) is 0 Å². The molecule has 0 spiro atoms. The Morgan fingerprint density at radius 2 is 1.95 bits per heavy atom. The molecule has 0 atom stereocenters. The summed E-state index contributed by atoms with van der Waals surface area (Å²) in [7, 11) is 0. The molecule has 0 saturated carbocycles. The summed E-state index contributed by atoms with van der Waals surface area (Å²) in [6.07, 6.45) is 0. The minimum atomic E-state index is -0.264. The fraction of sp³-hybridized carbons (Fsp3) is 0.133. The van der Waals surface area contributed by atoms with Gasteiger partial charge in [-0.05, 0) is 42.0 Å². The first kappa shape index (κ1) is 14.4. The minimum absolute atomic E-state index is 0.0370. The number of benzene rings is 2.